The Kier molecular flexibility index (Phi) is 4.02. The van der Waals surface area contributed by atoms with Crippen LogP contribution in [0.25, 0.3) is 0 Å². The number of benzene rings is 1. The van der Waals surface area contributed by atoms with E-state index in [1.54, 1.807) is 0 Å². The monoisotopic (exact) mass is 234 g/mol. The van der Waals surface area contributed by atoms with Gasteiger partial charge in [0.05, 0.1) is 0 Å². The Morgan fingerprint density at radius 1 is 1.41 bits per heavy atom. The summed E-state index contributed by atoms with van der Waals surface area (Å²) in [6.45, 7) is 1.68. The quantitative estimate of drug-likeness (QED) is 0.865. The van der Waals surface area contributed by atoms with E-state index in [0.717, 1.165) is 31.7 Å². The predicted molar refractivity (Wildman–Crippen MR) is 70.4 cm³/mol. The molecule has 0 saturated carbocycles. The van der Waals surface area contributed by atoms with Crippen molar-refractivity contribution in [3.8, 4) is 5.75 Å². The minimum atomic E-state index is 0.191. The smallest absolute Gasteiger partial charge is 0.122 e. The molecule has 1 atom stereocenters. The van der Waals surface area contributed by atoms with Crippen LogP contribution in [0.5, 0.6) is 5.75 Å². The lowest BCUT2D eigenvalue weighted by Crippen LogP contribution is -2.21. The topological polar surface area (TPSA) is 38.5 Å². The Bertz CT molecular complexity index is 376. The summed E-state index contributed by atoms with van der Waals surface area (Å²) in [6, 6.07) is 6.44. The number of rotatable bonds is 4. The van der Waals surface area contributed by atoms with Crippen LogP contribution in [0.15, 0.2) is 18.2 Å². The lowest BCUT2D eigenvalue weighted by atomic mass is 9.88. The Morgan fingerprint density at radius 2 is 2.24 bits per heavy atom. The molecule has 1 aromatic rings. The SMILES string of the molecule is CN(C)CCOc1cccc2c1CCCC2N. The van der Waals surface area contributed by atoms with Crippen LogP contribution in [0, 0.1) is 0 Å². The molecule has 1 aromatic carbocycles. The van der Waals surface area contributed by atoms with Crippen LogP contribution in [0.3, 0.4) is 0 Å². The molecule has 94 valence electrons. The van der Waals surface area contributed by atoms with Crippen molar-refractivity contribution < 1.29 is 4.74 Å². The van der Waals surface area contributed by atoms with Gasteiger partial charge in [-0.25, -0.2) is 0 Å². The molecule has 1 aliphatic carbocycles. The third-order valence-electron chi connectivity index (χ3n) is 3.31. The minimum absolute atomic E-state index is 0.191. The summed E-state index contributed by atoms with van der Waals surface area (Å²) in [5.74, 6) is 1.03. The standard InChI is InChI=1S/C14H22N2O/c1-16(2)9-10-17-14-8-4-5-11-12(14)6-3-7-13(11)15/h4-5,8,13H,3,6-7,9-10,15H2,1-2H3. The molecule has 2 rings (SSSR count). The molecule has 0 fully saturated rings. The van der Waals surface area contributed by atoms with E-state index >= 15 is 0 Å². The van der Waals surface area contributed by atoms with E-state index in [9.17, 15) is 0 Å². The third kappa shape index (κ3) is 2.99. The first kappa shape index (κ1) is 12.4. The predicted octanol–water partition coefficient (Wildman–Crippen LogP) is 1.96. The highest BCUT2D eigenvalue weighted by molar-refractivity contribution is 5.43. The molecular weight excluding hydrogens is 212 g/mol. The highest BCUT2D eigenvalue weighted by atomic mass is 16.5. The van der Waals surface area contributed by atoms with Gasteiger partial charge in [0.1, 0.15) is 12.4 Å². The van der Waals surface area contributed by atoms with Gasteiger partial charge in [0.25, 0.3) is 0 Å². The zero-order valence-corrected chi connectivity index (χ0v) is 10.8. The Labute approximate surface area is 104 Å². The molecule has 1 aliphatic rings. The molecule has 0 radical (unpaired) electrons. The fraction of sp³-hybridized carbons (Fsp3) is 0.571. The number of fused-ring (bicyclic) bond motifs is 1. The fourth-order valence-corrected chi connectivity index (χ4v) is 2.33. The van der Waals surface area contributed by atoms with Crippen molar-refractivity contribution >= 4 is 0 Å². The Balaban J connectivity index is 2.09. The van der Waals surface area contributed by atoms with Gasteiger partial charge in [-0.1, -0.05) is 12.1 Å². The largest absolute Gasteiger partial charge is 0.492 e. The van der Waals surface area contributed by atoms with Crippen LogP contribution in [0.1, 0.15) is 30.0 Å². The Morgan fingerprint density at radius 3 is 3.00 bits per heavy atom. The maximum atomic E-state index is 6.13. The van der Waals surface area contributed by atoms with E-state index in [0.29, 0.717) is 0 Å². The van der Waals surface area contributed by atoms with Crippen molar-refractivity contribution in [3.05, 3.63) is 29.3 Å². The molecule has 0 amide bonds. The lowest BCUT2D eigenvalue weighted by Gasteiger charge is -2.24. The van der Waals surface area contributed by atoms with E-state index in [4.69, 9.17) is 10.5 Å². The Hall–Kier alpha value is -1.06. The first-order chi connectivity index (χ1) is 8.18. The summed E-state index contributed by atoms with van der Waals surface area (Å²) in [5.41, 5.74) is 8.73. The number of hydrogen-bond donors (Lipinski definition) is 1. The second-order valence-electron chi connectivity index (χ2n) is 4.97. The van der Waals surface area contributed by atoms with E-state index < -0.39 is 0 Å². The van der Waals surface area contributed by atoms with Gasteiger partial charge in [0.2, 0.25) is 0 Å². The molecule has 1 unspecified atom stereocenters. The number of nitrogens with two attached hydrogens (primary N) is 1. The first-order valence-corrected chi connectivity index (χ1v) is 6.33. The van der Waals surface area contributed by atoms with Gasteiger partial charge in [-0.3, -0.25) is 0 Å². The van der Waals surface area contributed by atoms with E-state index in [2.05, 4.69) is 37.2 Å². The highest BCUT2D eigenvalue weighted by Gasteiger charge is 2.19. The fourth-order valence-electron chi connectivity index (χ4n) is 2.33. The molecule has 0 spiro atoms. The van der Waals surface area contributed by atoms with Crippen LogP contribution in [-0.2, 0) is 6.42 Å². The van der Waals surface area contributed by atoms with Crippen molar-refractivity contribution in [2.75, 3.05) is 27.2 Å². The highest BCUT2D eigenvalue weighted by Crippen LogP contribution is 2.33. The molecule has 0 aromatic heterocycles. The summed E-state index contributed by atoms with van der Waals surface area (Å²) in [5, 5.41) is 0. The van der Waals surface area contributed by atoms with E-state index in [1.165, 1.54) is 17.5 Å². The zero-order chi connectivity index (χ0) is 12.3. The molecular formula is C14H22N2O. The zero-order valence-electron chi connectivity index (χ0n) is 10.8. The first-order valence-electron chi connectivity index (χ1n) is 6.33. The van der Waals surface area contributed by atoms with Gasteiger partial charge in [0, 0.05) is 12.6 Å². The molecule has 3 nitrogen and oxygen atoms in total. The van der Waals surface area contributed by atoms with Gasteiger partial charge in [-0.2, -0.15) is 0 Å². The summed E-state index contributed by atoms with van der Waals surface area (Å²) >= 11 is 0. The average Bonchev–Trinajstić information content (AvgIpc) is 2.30. The van der Waals surface area contributed by atoms with Gasteiger partial charge < -0.3 is 15.4 Å². The van der Waals surface area contributed by atoms with Gasteiger partial charge in [0.15, 0.2) is 0 Å². The summed E-state index contributed by atoms with van der Waals surface area (Å²) in [4.78, 5) is 2.13. The minimum Gasteiger partial charge on any atom is -0.492 e. The van der Waals surface area contributed by atoms with Crippen molar-refractivity contribution in [1.82, 2.24) is 4.90 Å². The van der Waals surface area contributed by atoms with E-state index in [-0.39, 0.29) is 6.04 Å². The van der Waals surface area contributed by atoms with Crippen molar-refractivity contribution in [1.29, 1.82) is 0 Å². The maximum Gasteiger partial charge on any atom is 0.122 e. The second-order valence-corrected chi connectivity index (χ2v) is 4.97. The molecule has 2 N–H and O–H groups in total. The molecule has 0 heterocycles. The van der Waals surface area contributed by atoms with Crippen molar-refractivity contribution in [2.45, 2.75) is 25.3 Å². The lowest BCUT2D eigenvalue weighted by molar-refractivity contribution is 0.258. The molecule has 17 heavy (non-hydrogen) atoms. The van der Waals surface area contributed by atoms with Crippen LogP contribution >= 0.6 is 0 Å². The average molecular weight is 234 g/mol. The van der Waals surface area contributed by atoms with Crippen LogP contribution in [0.2, 0.25) is 0 Å². The number of likely N-dealkylation sites (N-methyl/N-ethyl adjacent to an activating group) is 1. The van der Waals surface area contributed by atoms with Gasteiger partial charge in [-0.05, 0) is 50.6 Å². The van der Waals surface area contributed by atoms with Gasteiger partial charge in [-0.15, -0.1) is 0 Å². The summed E-state index contributed by atoms with van der Waals surface area (Å²) in [6.07, 6.45) is 3.36. The van der Waals surface area contributed by atoms with Crippen LogP contribution < -0.4 is 10.5 Å². The number of ether oxygens (including phenoxy) is 1. The van der Waals surface area contributed by atoms with Crippen molar-refractivity contribution in [3.63, 3.8) is 0 Å². The maximum absolute atomic E-state index is 6.13. The number of nitrogens with zero attached hydrogens (tertiary/aromatic N) is 1. The summed E-state index contributed by atoms with van der Waals surface area (Å²) in [7, 11) is 4.11. The number of hydrogen-bond acceptors (Lipinski definition) is 3. The van der Waals surface area contributed by atoms with Crippen molar-refractivity contribution in [2.24, 2.45) is 5.73 Å². The van der Waals surface area contributed by atoms with Gasteiger partial charge >= 0.3 is 0 Å². The van der Waals surface area contributed by atoms with Crippen LogP contribution in [0.4, 0.5) is 0 Å². The molecule has 3 heteroatoms. The molecule has 0 aliphatic heterocycles. The molecule has 0 bridgehead atoms. The normalized spacial score (nSPS) is 19.2. The molecule has 0 saturated heterocycles. The second kappa shape index (κ2) is 5.52. The summed E-state index contributed by atoms with van der Waals surface area (Å²) < 4.78 is 5.87. The third-order valence-corrected chi connectivity index (χ3v) is 3.31. The van der Waals surface area contributed by atoms with E-state index in [1.807, 2.05) is 0 Å². The van der Waals surface area contributed by atoms with Crippen LogP contribution in [-0.4, -0.2) is 32.1 Å².